The number of nitrogens with one attached hydrogen (secondary N) is 1. The maximum atomic E-state index is 13.3. The monoisotopic (exact) mass is 510 g/mol. The maximum absolute atomic E-state index is 13.3. The van der Waals surface area contributed by atoms with Crippen molar-refractivity contribution in [2.75, 3.05) is 25.5 Å². The Morgan fingerprint density at radius 1 is 0.974 bits per heavy atom. The minimum atomic E-state index is -0.293. The van der Waals surface area contributed by atoms with Crippen molar-refractivity contribution in [3.05, 3.63) is 95.6 Å². The number of methoxy groups -OCH3 is 1. The minimum absolute atomic E-state index is 0.0816. The Kier molecular flexibility index (Phi) is 8.26. The summed E-state index contributed by atoms with van der Waals surface area (Å²) in [5.41, 5.74) is 5.26. The van der Waals surface area contributed by atoms with Crippen molar-refractivity contribution in [1.29, 1.82) is 0 Å². The Morgan fingerprint density at radius 3 is 2.32 bits per heavy atom. The summed E-state index contributed by atoms with van der Waals surface area (Å²) >= 11 is 0. The van der Waals surface area contributed by atoms with Crippen molar-refractivity contribution < 1.29 is 14.3 Å². The van der Waals surface area contributed by atoms with Gasteiger partial charge in [0.2, 0.25) is 5.91 Å². The molecule has 0 saturated heterocycles. The predicted octanol–water partition coefficient (Wildman–Crippen LogP) is 5.90. The molecule has 0 spiro atoms. The lowest BCUT2D eigenvalue weighted by Gasteiger charge is -2.24. The lowest BCUT2D eigenvalue weighted by Crippen LogP contribution is -2.40. The van der Waals surface area contributed by atoms with Crippen LogP contribution in [0, 0.1) is 19.8 Å². The summed E-state index contributed by atoms with van der Waals surface area (Å²) < 4.78 is 6.96. The van der Waals surface area contributed by atoms with Gasteiger partial charge in [0.1, 0.15) is 18.1 Å². The topological polar surface area (TPSA) is 76.5 Å². The lowest BCUT2D eigenvalue weighted by molar-refractivity contribution is -0.117. The number of hydrogen-bond donors (Lipinski definition) is 1. The van der Waals surface area contributed by atoms with Crippen LogP contribution in [-0.2, 0) is 4.79 Å². The van der Waals surface area contributed by atoms with Crippen molar-refractivity contribution >= 4 is 17.6 Å². The zero-order valence-electron chi connectivity index (χ0n) is 22.6. The van der Waals surface area contributed by atoms with E-state index in [0.717, 1.165) is 28.1 Å². The maximum Gasteiger partial charge on any atom is 0.254 e. The van der Waals surface area contributed by atoms with Gasteiger partial charge in [-0.25, -0.2) is 4.68 Å². The normalized spacial score (nSPS) is 10.9. The Labute approximate surface area is 224 Å². The van der Waals surface area contributed by atoms with E-state index in [9.17, 15) is 9.59 Å². The van der Waals surface area contributed by atoms with Gasteiger partial charge in [-0.3, -0.25) is 9.59 Å². The van der Waals surface area contributed by atoms with E-state index in [0.29, 0.717) is 23.7 Å². The Bertz CT molecular complexity index is 1410. The number of aryl methyl sites for hydroxylation is 2. The van der Waals surface area contributed by atoms with Crippen LogP contribution in [-0.4, -0.2) is 46.7 Å². The molecule has 0 aliphatic heterocycles. The van der Waals surface area contributed by atoms with Gasteiger partial charge in [-0.15, -0.1) is 0 Å². The fraction of sp³-hybridized carbons (Fsp3) is 0.258. The van der Waals surface area contributed by atoms with E-state index in [1.54, 1.807) is 41.0 Å². The predicted molar refractivity (Wildman–Crippen MR) is 151 cm³/mol. The van der Waals surface area contributed by atoms with Gasteiger partial charge in [0, 0.05) is 23.7 Å². The summed E-state index contributed by atoms with van der Waals surface area (Å²) in [6, 6.07) is 24.7. The zero-order valence-corrected chi connectivity index (χ0v) is 22.6. The molecule has 0 radical (unpaired) electrons. The summed E-state index contributed by atoms with van der Waals surface area (Å²) in [4.78, 5) is 28.2. The van der Waals surface area contributed by atoms with Crippen LogP contribution < -0.4 is 10.1 Å². The molecule has 1 aromatic heterocycles. The average Bonchev–Trinajstić information content (AvgIpc) is 3.31. The number of carbonyl (C=O) groups is 2. The van der Waals surface area contributed by atoms with Crippen molar-refractivity contribution in [2.45, 2.75) is 27.7 Å². The fourth-order valence-corrected chi connectivity index (χ4v) is 4.38. The number of aromatic nitrogens is 2. The first kappa shape index (κ1) is 26.7. The molecule has 1 heterocycles. The molecule has 4 aromatic rings. The highest BCUT2D eigenvalue weighted by atomic mass is 16.5. The van der Waals surface area contributed by atoms with Crippen molar-refractivity contribution in [3.8, 4) is 22.7 Å². The highest BCUT2D eigenvalue weighted by Crippen LogP contribution is 2.27. The fourth-order valence-electron chi connectivity index (χ4n) is 4.38. The van der Waals surface area contributed by atoms with Gasteiger partial charge in [-0.05, 0) is 55.7 Å². The van der Waals surface area contributed by atoms with Gasteiger partial charge in [-0.1, -0.05) is 61.9 Å². The molecule has 3 aromatic carbocycles. The van der Waals surface area contributed by atoms with E-state index in [-0.39, 0.29) is 24.3 Å². The minimum Gasteiger partial charge on any atom is -0.497 e. The number of anilines is 1. The van der Waals surface area contributed by atoms with Crippen LogP contribution in [0.15, 0.2) is 78.9 Å². The molecule has 7 heteroatoms. The molecular formula is C31H34N4O3. The van der Waals surface area contributed by atoms with Crippen LogP contribution in [0.2, 0.25) is 0 Å². The van der Waals surface area contributed by atoms with Crippen LogP contribution in [0.4, 0.5) is 5.82 Å². The van der Waals surface area contributed by atoms with Crippen molar-refractivity contribution in [2.24, 2.45) is 5.92 Å². The van der Waals surface area contributed by atoms with Gasteiger partial charge in [0.05, 0.1) is 18.5 Å². The van der Waals surface area contributed by atoms with Crippen molar-refractivity contribution in [3.63, 3.8) is 0 Å². The summed E-state index contributed by atoms with van der Waals surface area (Å²) in [6.07, 6.45) is 0. The van der Waals surface area contributed by atoms with E-state index in [1.807, 2.05) is 76.2 Å². The van der Waals surface area contributed by atoms with Gasteiger partial charge >= 0.3 is 0 Å². The molecule has 2 amide bonds. The Morgan fingerprint density at radius 2 is 1.68 bits per heavy atom. The molecule has 0 fully saturated rings. The van der Waals surface area contributed by atoms with E-state index >= 15 is 0 Å². The smallest absolute Gasteiger partial charge is 0.254 e. The first-order valence-corrected chi connectivity index (χ1v) is 12.7. The second-order valence-corrected chi connectivity index (χ2v) is 9.84. The van der Waals surface area contributed by atoms with Gasteiger partial charge < -0.3 is 15.0 Å². The molecular weight excluding hydrogens is 476 g/mol. The molecule has 7 nitrogen and oxygen atoms in total. The van der Waals surface area contributed by atoms with Gasteiger partial charge in [-0.2, -0.15) is 5.10 Å². The largest absolute Gasteiger partial charge is 0.497 e. The summed E-state index contributed by atoms with van der Waals surface area (Å²) in [5.74, 6) is 0.906. The molecule has 0 atom stereocenters. The third-order valence-electron chi connectivity index (χ3n) is 6.17. The van der Waals surface area contributed by atoms with E-state index in [2.05, 4.69) is 11.4 Å². The zero-order chi connectivity index (χ0) is 27.2. The van der Waals surface area contributed by atoms with Crippen LogP contribution >= 0.6 is 0 Å². The number of ether oxygens (including phenoxy) is 1. The van der Waals surface area contributed by atoms with E-state index < -0.39 is 0 Å². The number of carbonyl (C=O) groups excluding carboxylic acids is 2. The molecule has 0 aliphatic carbocycles. The molecule has 38 heavy (non-hydrogen) atoms. The molecule has 0 unspecified atom stereocenters. The molecule has 0 bridgehead atoms. The molecule has 0 aliphatic rings. The summed E-state index contributed by atoms with van der Waals surface area (Å²) in [6.45, 7) is 8.48. The number of nitrogens with zero attached hydrogens (tertiary/aromatic N) is 3. The van der Waals surface area contributed by atoms with Crippen molar-refractivity contribution in [1.82, 2.24) is 14.7 Å². The molecule has 4 rings (SSSR count). The quantitative estimate of drug-likeness (QED) is 0.304. The highest BCUT2D eigenvalue weighted by Gasteiger charge is 2.22. The second-order valence-electron chi connectivity index (χ2n) is 9.84. The second kappa shape index (κ2) is 11.8. The highest BCUT2D eigenvalue weighted by molar-refractivity contribution is 5.99. The first-order chi connectivity index (χ1) is 18.2. The molecule has 1 N–H and O–H groups in total. The Balaban J connectivity index is 1.62. The standard InChI is InChI=1S/C31H34N4O3/c1-21(2)19-34(31(37)25-12-14-26(38-5)15-13-25)20-30(36)32-29-18-27(24-9-7-6-8-10-24)33-35(29)28-16-11-22(3)17-23(28)4/h6-18,21H,19-20H2,1-5H3,(H,32,36). The summed E-state index contributed by atoms with van der Waals surface area (Å²) in [5, 5.41) is 7.85. The van der Waals surface area contributed by atoms with Gasteiger partial charge in [0.25, 0.3) is 5.91 Å². The summed E-state index contributed by atoms with van der Waals surface area (Å²) in [7, 11) is 1.58. The third-order valence-corrected chi connectivity index (χ3v) is 6.17. The number of amides is 2. The number of rotatable bonds is 9. The average molecular weight is 511 g/mol. The first-order valence-electron chi connectivity index (χ1n) is 12.7. The van der Waals surface area contributed by atoms with Crippen LogP contribution in [0.5, 0.6) is 5.75 Å². The van der Waals surface area contributed by atoms with Crippen LogP contribution in [0.25, 0.3) is 16.9 Å². The van der Waals surface area contributed by atoms with E-state index in [4.69, 9.17) is 9.84 Å². The van der Waals surface area contributed by atoms with E-state index in [1.165, 1.54) is 0 Å². The van der Waals surface area contributed by atoms with Crippen LogP contribution in [0.1, 0.15) is 35.3 Å². The third kappa shape index (κ3) is 6.29. The SMILES string of the molecule is COc1ccc(C(=O)N(CC(=O)Nc2cc(-c3ccccc3)nn2-c2ccc(C)cc2C)CC(C)C)cc1. The van der Waals surface area contributed by atoms with Crippen LogP contribution in [0.3, 0.4) is 0 Å². The molecule has 0 saturated carbocycles. The number of benzene rings is 3. The molecule has 196 valence electrons. The number of hydrogen-bond acceptors (Lipinski definition) is 4. The van der Waals surface area contributed by atoms with Gasteiger partial charge in [0.15, 0.2) is 0 Å². The Hall–Kier alpha value is -4.39. The lowest BCUT2D eigenvalue weighted by atomic mass is 10.1.